The van der Waals surface area contributed by atoms with Gasteiger partial charge in [-0.25, -0.2) is 19.3 Å². The molecule has 31 heavy (non-hydrogen) atoms. The maximum atomic E-state index is 14.8. The average molecular weight is 481 g/mol. The van der Waals surface area contributed by atoms with Crippen molar-refractivity contribution in [2.75, 3.05) is 17.8 Å². The van der Waals surface area contributed by atoms with Crippen LogP contribution in [0.15, 0.2) is 6.33 Å². The third kappa shape index (κ3) is 5.12. The summed E-state index contributed by atoms with van der Waals surface area (Å²) < 4.78 is 49.0. The van der Waals surface area contributed by atoms with Crippen molar-refractivity contribution >= 4 is 32.2 Å². The Kier molecular flexibility index (Phi) is 5.95. The summed E-state index contributed by atoms with van der Waals surface area (Å²) in [6.07, 6.45) is -3.06. The number of aliphatic hydroxyl groups is 1. The summed E-state index contributed by atoms with van der Waals surface area (Å²) in [6.45, 7) is 0.920. The average Bonchev–Trinajstić information content (AvgIpc) is 3.28. The molecule has 16 heteroatoms. The Balaban J connectivity index is 1.53. The van der Waals surface area contributed by atoms with E-state index in [4.69, 9.17) is 14.5 Å². The zero-order valence-corrected chi connectivity index (χ0v) is 18.1. The second kappa shape index (κ2) is 8.13. The molecule has 0 bridgehead atoms. The minimum atomic E-state index is -4.82. The van der Waals surface area contributed by atoms with Gasteiger partial charge in [-0.2, -0.15) is 0 Å². The molecular weight excluding hydrogens is 459 g/mol. The Labute approximate surface area is 175 Å². The number of alkyl halides is 1. The predicted molar refractivity (Wildman–Crippen MR) is 104 cm³/mol. The van der Waals surface area contributed by atoms with Crippen LogP contribution >= 0.6 is 15.2 Å². The Morgan fingerprint density at radius 3 is 2.68 bits per heavy atom. The molecule has 2 aliphatic rings. The molecule has 1 saturated heterocycles. The highest BCUT2D eigenvalue weighted by Gasteiger charge is 2.47. The number of hydrogen-bond donors (Lipinski definition) is 5. The maximum absolute atomic E-state index is 14.8. The number of imidazole rings is 1. The lowest BCUT2D eigenvalue weighted by molar-refractivity contribution is -0.0425. The van der Waals surface area contributed by atoms with Crippen LogP contribution in [0, 0.1) is 6.92 Å². The fourth-order valence-corrected chi connectivity index (χ4v) is 5.83. The predicted octanol–water partition coefficient (Wildman–Crippen LogP) is 0.643. The molecule has 1 aliphatic carbocycles. The molecule has 172 valence electrons. The van der Waals surface area contributed by atoms with Gasteiger partial charge in [0.15, 0.2) is 35.3 Å². The van der Waals surface area contributed by atoms with Gasteiger partial charge >= 0.3 is 15.2 Å². The zero-order chi connectivity index (χ0) is 22.6. The Morgan fingerprint density at radius 1 is 1.32 bits per heavy atom. The topological polar surface area (TPSA) is 189 Å². The zero-order valence-electron chi connectivity index (χ0n) is 16.3. The number of hydrogen-bond acceptors (Lipinski definition) is 9. The fraction of sp³-hybridized carbons (Fsp3) is 0.667. The van der Waals surface area contributed by atoms with Crippen molar-refractivity contribution in [2.45, 2.75) is 50.4 Å². The highest BCUT2D eigenvalue weighted by molar-refractivity contribution is 7.70. The first kappa shape index (κ1) is 22.7. The molecule has 2 fully saturated rings. The Bertz CT molecular complexity index is 1080. The summed E-state index contributed by atoms with van der Waals surface area (Å²) in [5, 5.41) is 13.4. The highest BCUT2D eigenvalue weighted by atomic mass is 31.2. The van der Waals surface area contributed by atoms with E-state index in [0.29, 0.717) is 23.2 Å². The molecule has 0 aromatic carbocycles. The van der Waals surface area contributed by atoms with E-state index in [1.165, 1.54) is 10.9 Å². The minimum absolute atomic E-state index is 0.284. The van der Waals surface area contributed by atoms with Crippen LogP contribution in [-0.2, 0) is 18.4 Å². The third-order valence-corrected chi connectivity index (χ3v) is 8.28. The molecule has 5 atom stereocenters. The van der Waals surface area contributed by atoms with Gasteiger partial charge in [-0.05, 0) is 19.8 Å². The van der Waals surface area contributed by atoms with E-state index in [1.54, 1.807) is 6.92 Å². The van der Waals surface area contributed by atoms with Crippen molar-refractivity contribution in [3.8, 4) is 0 Å². The molecule has 2 aromatic rings. The van der Waals surface area contributed by atoms with Gasteiger partial charge in [0.05, 0.1) is 12.9 Å². The van der Waals surface area contributed by atoms with Gasteiger partial charge in [0.1, 0.15) is 18.0 Å². The molecule has 1 aliphatic heterocycles. The lowest BCUT2D eigenvalue weighted by atomic mass is 10.1. The number of fused-ring (bicyclic) bond motifs is 1. The van der Waals surface area contributed by atoms with E-state index in [9.17, 15) is 23.5 Å². The quantitative estimate of drug-likeness (QED) is 0.332. The number of nitrogens with zero attached hydrogens (tertiary/aromatic N) is 4. The van der Waals surface area contributed by atoms with E-state index in [-0.39, 0.29) is 5.65 Å². The normalized spacial score (nSPS) is 28.7. The molecule has 0 amide bonds. The molecule has 0 spiro atoms. The van der Waals surface area contributed by atoms with E-state index in [2.05, 4.69) is 24.8 Å². The first-order chi connectivity index (χ1) is 14.4. The standard InChI is InChI=1S/C15H22FN5O8P2/c1-7-18-13(20-8-2-3-8)11-14(19-7)21(5-17-11)15-10(16)12(22)9(29-15)4-28-31(26,27)6-30(23,24)25/h5,8-10,12,15,22H,2-4,6H2,1H3,(H,26,27)(H,18,19,20)(H2,23,24,25)/t9-,10+,12-,15-/m1/s1. The maximum Gasteiger partial charge on any atom is 0.340 e. The lowest BCUT2D eigenvalue weighted by Gasteiger charge is -2.18. The van der Waals surface area contributed by atoms with Gasteiger partial charge < -0.3 is 34.4 Å². The van der Waals surface area contributed by atoms with Crippen LogP contribution in [0.5, 0.6) is 0 Å². The Hall–Kier alpha value is -1.50. The third-order valence-electron chi connectivity index (χ3n) is 4.82. The number of nitrogens with one attached hydrogen (secondary N) is 1. The number of aryl methyl sites for hydroxylation is 1. The van der Waals surface area contributed by atoms with Crippen molar-refractivity contribution in [1.82, 2.24) is 19.5 Å². The summed E-state index contributed by atoms with van der Waals surface area (Å²) in [6, 6.07) is 0.296. The molecular formula is C15H22FN5O8P2. The number of ether oxygens (including phenoxy) is 1. The van der Waals surface area contributed by atoms with E-state index in [1.807, 2.05) is 0 Å². The smallest absolute Gasteiger partial charge is 0.340 e. The lowest BCUT2D eigenvalue weighted by Crippen LogP contribution is -2.31. The highest BCUT2D eigenvalue weighted by Crippen LogP contribution is 2.55. The van der Waals surface area contributed by atoms with Crippen LogP contribution in [0.2, 0.25) is 0 Å². The summed E-state index contributed by atoms with van der Waals surface area (Å²) >= 11 is 0. The second-order valence-corrected chi connectivity index (χ2v) is 11.6. The fourth-order valence-electron chi connectivity index (χ4n) is 3.26. The van der Waals surface area contributed by atoms with Gasteiger partial charge in [0.25, 0.3) is 0 Å². The summed E-state index contributed by atoms with van der Waals surface area (Å²) in [5.41, 5.74) is 0.690. The van der Waals surface area contributed by atoms with E-state index < -0.39 is 52.3 Å². The van der Waals surface area contributed by atoms with Crippen LogP contribution in [0.4, 0.5) is 10.2 Å². The van der Waals surface area contributed by atoms with Crippen molar-refractivity contribution in [2.24, 2.45) is 0 Å². The summed E-state index contributed by atoms with van der Waals surface area (Å²) in [7, 11) is -9.50. The second-order valence-electron chi connectivity index (χ2n) is 7.60. The van der Waals surface area contributed by atoms with Crippen molar-refractivity contribution in [3.63, 3.8) is 0 Å². The molecule has 13 nitrogen and oxygen atoms in total. The van der Waals surface area contributed by atoms with Gasteiger partial charge in [-0.1, -0.05) is 0 Å². The minimum Gasteiger partial charge on any atom is -0.387 e. The molecule has 1 unspecified atom stereocenters. The van der Waals surface area contributed by atoms with Crippen LogP contribution in [0.3, 0.4) is 0 Å². The molecule has 1 saturated carbocycles. The van der Waals surface area contributed by atoms with E-state index >= 15 is 0 Å². The number of anilines is 1. The first-order valence-corrected chi connectivity index (χ1v) is 13.0. The van der Waals surface area contributed by atoms with E-state index in [0.717, 1.165) is 12.8 Å². The number of aliphatic hydroxyl groups excluding tert-OH is 1. The molecule has 0 radical (unpaired) electrons. The van der Waals surface area contributed by atoms with Crippen molar-refractivity contribution < 1.29 is 42.6 Å². The van der Waals surface area contributed by atoms with Gasteiger partial charge in [0, 0.05) is 6.04 Å². The molecule has 5 N–H and O–H groups in total. The van der Waals surface area contributed by atoms with Gasteiger partial charge in [0.2, 0.25) is 0 Å². The summed E-state index contributed by atoms with van der Waals surface area (Å²) in [5.74, 6) is -0.467. The first-order valence-electron chi connectivity index (χ1n) is 9.40. The van der Waals surface area contributed by atoms with Crippen LogP contribution in [0.1, 0.15) is 24.9 Å². The van der Waals surface area contributed by atoms with Crippen LogP contribution in [-0.4, -0.2) is 76.2 Å². The monoisotopic (exact) mass is 481 g/mol. The Morgan fingerprint density at radius 2 is 2.03 bits per heavy atom. The molecule has 4 rings (SSSR count). The molecule has 2 aromatic heterocycles. The number of aromatic nitrogens is 4. The van der Waals surface area contributed by atoms with Crippen LogP contribution in [0.25, 0.3) is 11.2 Å². The number of rotatable bonds is 8. The van der Waals surface area contributed by atoms with Crippen molar-refractivity contribution in [1.29, 1.82) is 0 Å². The molecule has 3 heterocycles. The largest absolute Gasteiger partial charge is 0.387 e. The number of halogens is 1. The van der Waals surface area contributed by atoms with Gasteiger partial charge in [-0.3, -0.25) is 13.7 Å². The van der Waals surface area contributed by atoms with Crippen molar-refractivity contribution in [3.05, 3.63) is 12.2 Å². The van der Waals surface area contributed by atoms with Gasteiger partial charge in [-0.15, -0.1) is 0 Å². The SMILES string of the molecule is Cc1nc(NC2CC2)c2ncn([C@@H]3O[C@H](COP(=O)(O)CP(=O)(O)O)[C@@H](O)[C@@H]3F)c2n1. The van der Waals surface area contributed by atoms with Crippen LogP contribution < -0.4 is 5.32 Å². The summed E-state index contributed by atoms with van der Waals surface area (Å²) in [4.78, 5) is 40.1.